The maximum absolute atomic E-state index is 4.57. The van der Waals surface area contributed by atoms with E-state index in [1.165, 1.54) is 37.5 Å². The minimum atomic E-state index is 0.822. The molecule has 4 aromatic heterocycles. The second-order valence-electron chi connectivity index (χ2n) is 6.21. The van der Waals surface area contributed by atoms with Crippen molar-refractivity contribution in [3.8, 4) is 16.3 Å². The Hall–Kier alpha value is -3.05. The van der Waals surface area contributed by atoms with Gasteiger partial charge in [0.2, 0.25) is 0 Å². The molecular weight excluding hydrogens is 328 g/mol. The average Bonchev–Trinajstić information content (AvgIpc) is 3.30. The number of pyridine rings is 2. The van der Waals surface area contributed by atoms with Crippen molar-refractivity contribution >= 4 is 32.6 Å². The molecule has 6 rings (SSSR count). The number of aromatic nitrogens is 4. The molecule has 5 heteroatoms. The lowest BCUT2D eigenvalue weighted by Crippen LogP contribution is -2.32. The molecular formula is C20H13N4S+. The third-order valence-corrected chi connectivity index (χ3v) is 6.08. The third-order valence-electron chi connectivity index (χ3n) is 4.84. The highest BCUT2D eigenvalue weighted by atomic mass is 32.1. The maximum atomic E-state index is 4.57. The van der Waals surface area contributed by atoms with Crippen LogP contribution in [0.2, 0.25) is 0 Å². The van der Waals surface area contributed by atoms with E-state index in [1.54, 1.807) is 0 Å². The van der Waals surface area contributed by atoms with Gasteiger partial charge in [-0.2, -0.15) is 4.57 Å². The molecule has 0 saturated heterocycles. The second kappa shape index (κ2) is 4.74. The largest absolute Gasteiger partial charge is 0.307 e. The Labute approximate surface area is 147 Å². The first-order valence-electron chi connectivity index (χ1n) is 8.22. The highest BCUT2D eigenvalue weighted by Gasteiger charge is 2.34. The van der Waals surface area contributed by atoms with E-state index in [9.17, 15) is 0 Å². The minimum absolute atomic E-state index is 0.822. The van der Waals surface area contributed by atoms with Crippen molar-refractivity contribution in [3.05, 3.63) is 72.8 Å². The molecule has 0 fully saturated rings. The van der Waals surface area contributed by atoms with Crippen LogP contribution >= 0.6 is 11.3 Å². The molecule has 0 aliphatic carbocycles. The molecule has 0 saturated carbocycles. The summed E-state index contributed by atoms with van der Waals surface area (Å²) in [7, 11) is 0. The first kappa shape index (κ1) is 13.3. The van der Waals surface area contributed by atoms with Gasteiger partial charge in [0.1, 0.15) is 22.4 Å². The summed E-state index contributed by atoms with van der Waals surface area (Å²) in [5.41, 5.74) is 6.00. The zero-order chi connectivity index (χ0) is 16.4. The van der Waals surface area contributed by atoms with Gasteiger partial charge in [-0.25, -0.2) is 4.57 Å². The molecule has 118 valence electrons. The maximum Gasteiger partial charge on any atom is 0.307 e. The lowest BCUT2D eigenvalue weighted by atomic mass is 10.2. The van der Waals surface area contributed by atoms with Gasteiger partial charge >= 0.3 is 5.65 Å². The normalized spacial score (nSPS) is 12.6. The van der Waals surface area contributed by atoms with Crippen LogP contribution in [0, 0.1) is 0 Å². The molecule has 1 aromatic carbocycles. The van der Waals surface area contributed by atoms with Crippen LogP contribution in [0.5, 0.6) is 0 Å². The molecule has 5 heterocycles. The predicted octanol–water partition coefficient (Wildman–Crippen LogP) is 3.95. The first-order chi connectivity index (χ1) is 12.4. The van der Waals surface area contributed by atoms with E-state index in [0.29, 0.717) is 0 Å². The zero-order valence-corrected chi connectivity index (χ0v) is 14.1. The van der Waals surface area contributed by atoms with Crippen molar-refractivity contribution in [3.63, 3.8) is 0 Å². The number of fused-ring (bicyclic) bond motifs is 7. The minimum Gasteiger partial charge on any atom is -0.264 e. The van der Waals surface area contributed by atoms with Gasteiger partial charge < -0.3 is 0 Å². The monoisotopic (exact) mass is 341 g/mol. The van der Waals surface area contributed by atoms with Gasteiger partial charge in [-0.3, -0.25) is 9.97 Å². The van der Waals surface area contributed by atoms with Gasteiger partial charge in [0.05, 0.1) is 16.6 Å². The van der Waals surface area contributed by atoms with Gasteiger partial charge in [-0.1, -0.05) is 29.5 Å². The molecule has 4 nitrogen and oxygen atoms in total. The number of para-hydroxylation sites is 1. The summed E-state index contributed by atoms with van der Waals surface area (Å²) in [6.07, 6.45) is 5.73. The lowest BCUT2D eigenvalue weighted by Gasteiger charge is -2.00. The Kier molecular flexibility index (Phi) is 2.51. The summed E-state index contributed by atoms with van der Waals surface area (Å²) in [4.78, 5) is 8.94. The quantitative estimate of drug-likeness (QED) is 0.424. The number of hydrogen-bond donors (Lipinski definition) is 0. The fourth-order valence-electron chi connectivity index (χ4n) is 3.78. The molecule has 0 unspecified atom stereocenters. The molecule has 0 amide bonds. The van der Waals surface area contributed by atoms with Gasteiger partial charge in [-0.05, 0) is 24.3 Å². The highest BCUT2D eigenvalue weighted by Crippen LogP contribution is 2.40. The molecule has 0 radical (unpaired) electrons. The lowest BCUT2D eigenvalue weighted by molar-refractivity contribution is -0.644. The molecule has 1 aliphatic heterocycles. The van der Waals surface area contributed by atoms with E-state index in [4.69, 9.17) is 0 Å². The van der Waals surface area contributed by atoms with E-state index >= 15 is 0 Å². The Morgan fingerprint density at radius 2 is 1.92 bits per heavy atom. The van der Waals surface area contributed by atoms with Gasteiger partial charge in [0.15, 0.2) is 5.01 Å². The molecule has 5 aromatic rings. The third kappa shape index (κ3) is 1.68. The van der Waals surface area contributed by atoms with Crippen molar-refractivity contribution in [2.45, 2.75) is 6.54 Å². The number of rotatable bonds is 1. The van der Waals surface area contributed by atoms with Crippen molar-refractivity contribution in [1.29, 1.82) is 0 Å². The number of nitrogens with zero attached hydrogens (tertiary/aromatic N) is 4. The summed E-state index contributed by atoms with van der Waals surface area (Å²) in [5.74, 6) is 0. The Bertz CT molecular complexity index is 1270. The van der Waals surface area contributed by atoms with Crippen LogP contribution in [0.4, 0.5) is 0 Å². The summed E-state index contributed by atoms with van der Waals surface area (Å²) in [6.45, 7) is 0.822. The summed E-state index contributed by atoms with van der Waals surface area (Å²) >= 11 is 1.84. The van der Waals surface area contributed by atoms with E-state index < -0.39 is 0 Å². The molecule has 25 heavy (non-hydrogen) atoms. The average molecular weight is 341 g/mol. The standard InChI is InChI=1S/C20H13N4S/c1-2-5-13(6-3-1)24-17-8-10-21-11-15(17)18-19(24)23-12-16-14(20(23)25-18)7-4-9-22-16/h1-11H,12H2/q+1. The molecule has 0 atom stereocenters. The fourth-order valence-corrected chi connectivity index (χ4v) is 5.09. The van der Waals surface area contributed by atoms with Crippen LogP contribution in [0.1, 0.15) is 5.69 Å². The van der Waals surface area contributed by atoms with Gasteiger partial charge in [0.25, 0.3) is 0 Å². The molecule has 0 spiro atoms. The Morgan fingerprint density at radius 3 is 2.84 bits per heavy atom. The van der Waals surface area contributed by atoms with Crippen LogP contribution in [0.25, 0.3) is 37.5 Å². The SMILES string of the molecule is c1ccc(-n2c3ccncc3c3sc4[n+](c32)Cc2ncccc2-4)cc1. The topological polar surface area (TPSA) is 34.6 Å². The van der Waals surface area contributed by atoms with E-state index in [2.05, 4.69) is 61.6 Å². The van der Waals surface area contributed by atoms with E-state index in [-0.39, 0.29) is 0 Å². The van der Waals surface area contributed by atoms with Crippen molar-refractivity contribution in [2.75, 3.05) is 0 Å². The summed E-state index contributed by atoms with van der Waals surface area (Å²) < 4.78 is 6.03. The molecule has 1 aliphatic rings. The first-order valence-corrected chi connectivity index (χ1v) is 9.04. The second-order valence-corrected chi connectivity index (χ2v) is 7.21. The predicted molar refractivity (Wildman–Crippen MR) is 99.0 cm³/mol. The Balaban J connectivity index is 1.79. The number of hydrogen-bond acceptors (Lipinski definition) is 3. The van der Waals surface area contributed by atoms with E-state index in [1.807, 2.05) is 36.0 Å². The molecule has 0 bridgehead atoms. The Morgan fingerprint density at radius 1 is 1.00 bits per heavy atom. The van der Waals surface area contributed by atoms with Crippen LogP contribution < -0.4 is 4.57 Å². The highest BCUT2D eigenvalue weighted by molar-refractivity contribution is 7.22. The summed E-state index contributed by atoms with van der Waals surface area (Å²) in [6, 6.07) is 16.8. The zero-order valence-electron chi connectivity index (χ0n) is 13.3. The van der Waals surface area contributed by atoms with Crippen LogP contribution in [-0.4, -0.2) is 14.5 Å². The van der Waals surface area contributed by atoms with Crippen LogP contribution in [-0.2, 0) is 6.54 Å². The van der Waals surface area contributed by atoms with E-state index in [0.717, 1.165) is 12.2 Å². The summed E-state index contributed by atoms with van der Waals surface area (Å²) in [5, 5.41) is 2.49. The van der Waals surface area contributed by atoms with Crippen molar-refractivity contribution < 1.29 is 4.57 Å². The van der Waals surface area contributed by atoms with Gasteiger partial charge in [0, 0.05) is 24.7 Å². The smallest absolute Gasteiger partial charge is 0.264 e. The number of thiazole rings is 1. The van der Waals surface area contributed by atoms with Gasteiger partial charge in [-0.15, -0.1) is 0 Å². The van der Waals surface area contributed by atoms with Crippen LogP contribution in [0.3, 0.4) is 0 Å². The van der Waals surface area contributed by atoms with Crippen LogP contribution in [0.15, 0.2) is 67.1 Å². The molecule has 0 N–H and O–H groups in total. The van der Waals surface area contributed by atoms with Crippen molar-refractivity contribution in [1.82, 2.24) is 14.5 Å². The fraction of sp³-hybridized carbons (Fsp3) is 0.0500. The number of benzene rings is 1. The van der Waals surface area contributed by atoms with Crippen molar-refractivity contribution in [2.24, 2.45) is 0 Å².